The molecule has 0 radical (unpaired) electrons. The van der Waals surface area contributed by atoms with Gasteiger partial charge in [0.05, 0.1) is 0 Å². The number of ether oxygens (including phenoxy) is 3. The van der Waals surface area contributed by atoms with Gasteiger partial charge in [-0.05, 0) is 37.0 Å². The topological polar surface area (TPSA) is 78.9 Å². The second-order valence-corrected chi connectivity index (χ2v) is 18.3. The number of esters is 3. The van der Waals surface area contributed by atoms with Crippen LogP contribution in [0.4, 0.5) is 0 Å². The fourth-order valence-corrected chi connectivity index (χ4v) is 7.38. The highest BCUT2D eigenvalue weighted by Gasteiger charge is 2.19. The van der Waals surface area contributed by atoms with E-state index in [-0.39, 0.29) is 31.1 Å². The number of carbonyl (C=O) groups excluding carboxylic acids is 3. The van der Waals surface area contributed by atoms with Gasteiger partial charge in [0, 0.05) is 19.3 Å². The van der Waals surface area contributed by atoms with Gasteiger partial charge in [-0.1, -0.05) is 228 Å². The van der Waals surface area contributed by atoms with E-state index in [9.17, 15) is 14.4 Å². The lowest BCUT2D eigenvalue weighted by Crippen LogP contribution is -2.30. The minimum absolute atomic E-state index is 0.0667. The third-order valence-electron chi connectivity index (χ3n) is 11.5. The Labute approximate surface area is 348 Å². The first kappa shape index (κ1) is 54.4. The molecule has 6 heteroatoms. The lowest BCUT2D eigenvalue weighted by Gasteiger charge is -2.18. The molecule has 0 aliphatic heterocycles. The average molecular weight is 793 g/mol. The van der Waals surface area contributed by atoms with Crippen LogP contribution >= 0.6 is 0 Å². The molecule has 0 spiro atoms. The van der Waals surface area contributed by atoms with E-state index < -0.39 is 6.10 Å². The fourth-order valence-electron chi connectivity index (χ4n) is 7.38. The molecule has 0 bridgehead atoms. The summed E-state index contributed by atoms with van der Waals surface area (Å²) in [5.74, 6) is 1.56. The maximum Gasteiger partial charge on any atom is 0.306 e. The van der Waals surface area contributed by atoms with Crippen molar-refractivity contribution in [2.75, 3.05) is 13.2 Å². The van der Waals surface area contributed by atoms with E-state index in [1.54, 1.807) is 0 Å². The first-order valence-electron chi connectivity index (χ1n) is 24.6. The Morgan fingerprint density at radius 1 is 0.357 bits per heavy atom. The molecular formula is C50H96O6. The first-order chi connectivity index (χ1) is 27.1. The van der Waals surface area contributed by atoms with Gasteiger partial charge >= 0.3 is 17.9 Å². The predicted octanol–water partition coefficient (Wildman–Crippen LogP) is 15.6. The summed E-state index contributed by atoms with van der Waals surface area (Å²) in [6.45, 7) is 13.6. The molecule has 0 aromatic heterocycles. The molecule has 0 aliphatic rings. The van der Waals surface area contributed by atoms with Crippen molar-refractivity contribution >= 4 is 17.9 Å². The minimum Gasteiger partial charge on any atom is -0.462 e. The maximum atomic E-state index is 12.7. The van der Waals surface area contributed by atoms with Gasteiger partial charge in [0.15, 0.2) is 6.10 Å². The summed E-state index contributed by atoms with van der Waals surface area (Å²) >= 11 is 0. The third-order valence-corrected chi connectivity index (χ3v) is 11.5. The monoisotopic (exact) mass is 793 g/mol. The standard InChI is InChI=1S/C50H96O6/c1-7-46(6)38-32-26-21-23-28-34-40-49(52)55-43-47(56-50(53)41-35-29-22-20-25-31-37-45(4)5)42-54-48(51)39-33-27-19-17-15-13-11-9-8-10-12-14-16-18-24-30-36-44(2)3/h44-47H,7-43H2,1-6H3/t46?,47-/m1/s1. The molecule has 56 heavy (non-hydrogen) atoms. The van der Waals surface area contributed by atoms with Crippen LogP contribution in [0.5, 0.6) is 0 Å². The molecule has 0 fully saturated rings. The summed E-state index contributed by atoms with van der Waals surface area (Å²) in [5.41, 5.74) is 0. The number of hydrogen-bond acceptors (Lipinski definition) is 6. The first-order valence-corrected chi connectivity index (χ1v) is 24.6. The number of carbonyl (C=O) groups is 3. The molecule has 332 valence electrons. The molecule has 0 aromatic rings. The number of hydrogen-bond donors (Lipinski definition) is 0. The quantitative estimate of drug-likeness (QED) is 0.0348. The molecule has 1 unspecified atom stereocenters. The Bertz CT molecular complexity index is 870. The van der Waals surface area contributed by atoms with Gasteiger partial charge < -0.3 is 14.2 Å². The van der Waals surface area contributed by atoms with E-state index in [4.69, 9.17) is 14.2 Å². The van der Waals surface area contributed by atoms with Gasteiger partial charge in [-0.2, -0.15) is 0 Å². The fraction of sp³-hybridized carbons (Fsp3) is 0.940. The zero-order valence-electron chi connectivity index (χ0n) is 38.4. The van der Waals surface area contributed by atoms with Gasteiger partial charge in [-0.15, -0.1) is 0 Å². The molecule has 0 saturated heterocycles. The molecule has 0 heterocycles. The van der Waals surface area contributed by atoms with E-state index in [0.29, 0.717) is 19.3 Å². The predicted molar refractivity (Wildman–Crippen MR) is 238 cm³/mol. The summed E-state index contributed by atoms with van der Waals surface area (Å²) in [7, 11) is 0. The zero-order valence-corrected chi connectivity index (χ0v) is 38.4. The van der Waals surface area contributed by atoms with E-state index in [0.717, 1.165) is 75.5 Å². The van der Waals surface area contributed by atoms with Crippen molar-refractivity contribution < 1.29 is 28.6 Å². The normalized spacial score (nSPS) is 12.6. The molecule has 0 aromatic carbocycles. The van der Waals surface area contributed by atoms with Gasteiger partial charge in [-0.25, -0.2) is 0 Å². The largest absolute Gasteiger partial charge is 0.462 e. The second kappa shape index (κ2) is 41.6. The Balaban J connectivity index is 4.21. The molecule has 0 rings (SSSR count). The lowest BCUT2D eigenvalue weighted by molar-refractivity contribution is -0.167. The van der Waals surface area contributed by atoms with Crippen LogP contribution in [0.1, 0.15) is 266 Å². The highest BCUT2D eigenvalue weighted by Crippen LogP contribution is 2.18. The van der Waals surface area contributed by atoms with Crippen molar-refractivity contribution in [3.63, 3.8) is 0 Å². The van der Waals surface area contributed by atoms with E-state index in [1.165, 1.54) is 148 Å². The average Bonchev–Trinajstić information content (AvgIpc) is 3.16. The van der Waals surface area contributed by atoms with E-state index >= 15 is 0 Å². The van der Waals surface area contributed by atoms with Crippen LogP contribution in [-0.4, -0.2) is 37.2 Å². The van der Waals surface area contributed by atoms with E-state index in [2.05, 4.69) is 41.5 Å². The van der Waals surface area contributed by atoms with Crippen LogP contribution in [0, 0.1) is 17.8 Å². The van der Waals surface area contributed by atoms with Crippen molar-refractivity contribution in [3.8, 4) is 0 Å². The van der Waals surface area contributed by atoms with Crippen molar-refractivity contribution in [3.05, 3.63) is 0 Å². The van der Waals surface area contributed by atoms with E-state index in [1.807, 2.05) is 0 Å². The van der Waals surface area contributed by atoms with Crippen LogP contribution in [0.2, 0.25) is 0 Å². The summed E-state index contributed by atoms with van der Waals surface area (Å²) in [5, 5.41) is 0. The molecule has 0 amide bonds. The molecule has 2 atom stereocenters. The highest BCUT2D eigenvalue weighted by atomic mass is 16.6. The van der Waals surface area contributed by atoms with Gasteiger partial charge in [0.25, 0.3) is 0 Å². The van der Waals surface area contributed by atoms with Crippen LogP contribution < -0.4 is 0 Å². The van der Waals surface area contributed by atoms with Crippen LogP contribution in [0.25, 0.3) is 0 Å². The molecular weight excluding hydrogens is 697 g/mol. The highest BCUT2D eigenvalue weighted by molar-refractivity contribution is 5.71. The minimum atomic E-state index is -0.763. The smallest absolute Gasteiger partial charge is 0.306 e. The van der Waals surface area contributed by atoms with Crippen molar-refractivity contribution in [1.29, 1.82) is 0 Å². The lowest BCUT2D eigenvalue weighted by atomic mass is 10.00. The van der Waals surface area contributed by atoms with Gasteiger partial charge in [-0.3, -0.25) is 14.4 Å². The van der Waals surface area contributed by atoms with Gasteiger partial charge in [0.1, 0.15) is 13.2 Å². The Hall–Kier alpha value is -1.59. The van der Waals surface area contributed by atoms with Crippen molar-refractivity contribution in [2.45, 2.75) is 272 Å². The maximum absolute atomic E-state index is 12.7. The molecule has 0 aliphatic carbocycles. The van der Waals surface area contributed by atoms with Crippen LogP contribution in [0.3, 0.4) is 0 Å². The Morgan fingerprint density at radius 3 is 0.929 bits per heavy atom. The zero-order chi connectivity index (χ0) is 41.3. The summed E-state index contributed by atoms with van der Waals surface area (Å²) in [4.78, 5) is 37.7. The van der Waals surface area contributed by atoms with Crippen molar-refractivity contribution in [2.24, 2.45) is 17.8 Å². The summed E-state index contributed by atoms with van der Waals surface area (Å²) < 4.78 is 16.7. The Morgan fingerprint density at radius 2 is 0.625 bits per heavy atom. The van der Waals surface area contributed by atoms with Crippen molar-refractivity contribution in [1.82, 2.24) is 0 Å². The van der Waals surface area contributed by atoms with Crippen LogP contribution in [-0.2, 0) is 28.6 Å². The number of rotatable bonds is 43. The Kier molecular flexibility index (Phi) is 40.4. The SMILES string of the molecule is CCC(C)CCCCCCCCC(=O)OC[C@@H](COC(=O)CCCCCCCCCCCCCCCCCCC(C)C)OC(=O)CCCCCCCCC(C)C. The molecule has 0 saturated carbocycles. The third kappa shape index (κ3) is 42.0. The number of unbranched alkanes of at least 4 members (excludes halogenated alkanes) is 25. The van der Waals surface area contributed by atoms with Gasteiger partial charge in [0.2, 0.25) is 0 Å². The molecule has 0 N–H and O–H groups in total. The second-order valence-electron chi connectivity index (χ2n) is 18.3. The van der Waals surface area contributed by atoms with Crippen LogP contribution in [0.15, 0.2) is 0 Å². The summed E-state index contributed by atoms with van der Waals surface area (Å²) in [6.07, 6.45) is 39.7. The summed E-state index contributed by atoms with van der Waals surface area (Å²) in [6, 6.07) is 0. The molecule has 6 nitrogen and oxygen atoms in total.